The van der Waals surface area contributed by atoms with Crippen LogP contribution < -0.4 is 10.5 Å². The fourth-order valence-electron chi connectivity index (χ4n) is 3.85. The summed E-state index contributed by atoms with van der Waals surface area (Å²) in [6.07, 6.45) is 7.88. The van der Waals surface area contributed by atoms with E-state index in [2.05, 4.69) is 6.92 Å². The third kappa shape index (κ3) is 2.56. The third-order valence-electron chi connectivity index (χ3n) is 5.12. The zero-order valence-corrected chi connectivity index (χ0v) is 12.2. The molecule has 2 N–H and O–H groups in total. The normalized spacial score (nSPS) is 33.4. The van der Waals surface area contributed by atoms with Crippen LogP contribution >= 0.6 is 0 Å². The topological polar surface area (TPSA) is 35.2 Å². The molecule has 20 heavy (non-hydrogen) atoms. The molecule has 1 aromatic rings. The van der Waals surface area contributed by atoms with Gasteiger partial charge in [-0.3, -0.25) is 0 Å². The molecule has 0 amide bonds. The van der Waals surface area contributed by atoms with Crippen molar-refractivity contribution in [3.8, 4) is 5.75 Å². The molecule has 3 atom stereocenters. The van der Waals surface area contributed by atoms with E-state index in [-0.39, 0.29) is 17.5 Å². The number of ether oxygens (including phenoxy) is 1. The molecule has 3 unspecified atom stereocenters. The van der Waals surface area contributed by atoms with Crippen molar-refractivity contribution >= 4 is 0 Å². The first-order valence-electron chi connectivity index (χ1n) is 7.86. The van der Waals surface area contributed by atoms with Crippen molar-refractivity contribution in [2.45, 2.75) is 63.5 Å². The summed E-state index contributed by atoms with van der Waals surface area (Å²) in [7, 11) is 0. The lowest BCUT2D eigenvalue weighted by Gasteiger charge is -2.41. The largest absolute Gasteiger partial charge is 0.487 e. The van der Waals surface area contributed by atoms with Crippen LogP contribution in [0, 0.1) is 11.7 Å². The van der Waals surface area contributed by atoms with Crippen LogP contribution in [0.25, 0.3) is 0 Å². The second-order valence-electron chi connectivity index (χ2n) is 6.48. The Labute approximate surface area is 120 Å². The minimum absolute atomic E-state index is 0.0301. The Kier molecular flexibility index (Phi) is 3.72. The van der Waals surface area contributed by atoms with Crippen molar-refractivity contribution in [3.63, 3.8) is 0 Å². The van der Waals surface area contributed by atoms with Crippen molar-refractivity contribution in [2.24, 2.45) is 11.7 Å². The van der Waals surface area contributed by atoms with Gasteiger partial charge in [0.05, 0.1) is 0 Å². The van der Waals surface area contributed by atoms with E-state index in [1.54, 1.807) is 6.07 Å². The molecular weight excluding hydrogens is 253 g/mol. The van der Waals surface area contributed by atoms with E-state index in [9.17, 15) is 4.39 Å². The molecule has 2 nitrogen and oxygen atoms in total. The lowest BCUT2D eigenvalue weighted by atomic mass is 9.82. The average Bonchev–Trinajstić information content (AvgIpc) is 2.60. The highest BCUT2D eigenvalue weighted by atomic mass is 19.1. The number of hydrogen-bond donors (Lipinski definition) is 1. The van der Waals surface area contributed by atoms with Crippen LogP contribution in [0.2, 0.25) is 0 Å². The van der Waals surface area contributed by atoms with E-state index in [0.29, 0.717) is 5.75 Å². The first kappa shape index (κ1) is 13.9. The summed E-state index contributed by atoms with van der Waals surface area (Å²) in [5.74, 6) is 1.23. The summed E-state index contributed by atoms with van der Waals surface area (Å²) in [6, 6.07) is 4.71. The summed E-state index contributed by atoms with van der Waals surface area (Å²) in [6.45, 7) is 2.26. The second kappa shape index (κ2) is 5.36. The molecule has 1 spiro atoms. The molecule has 1 aromatic carbocycles. The Morgan fingerprint density at radius 2 is 2.20 bits per heavy atom. The van der Waals surface area contributed by atoms with E-state index in [1.807, 2.05) is 0 Å². The van der Waals surface area contributed by atoms with Gasteiger partial charge in [-0.25, -0.2) is 4.39 Å². The van der Waals surface area contributed by atoms with Crippen LogP contribution in [0.15, 0.2) is 18.2 Å². The number of hydrogen-bond acceptors (Lipinski definition) is 2. The smallest absolute Gasteiger partial charge is 0.127 e. The Hall–Kier alpha value is -1.09. The maximum Gasteiger partial charge on any atom is 0.127 e. The van der Waals surface area contributed by atoms with Crippen LogP contribution in [0.3, 0.4) is 0 Å². The minimum atomic E-state index is -0.243. The molecule has 110 valence electrons. The van der Waals surface area contributed by atoms with Crippen LogP contribution in [0.1, 0.15) is 63.5 Å². The fourth-order valence-corrected chi connectivity index (χ4v) is 3.85. The van der Waals surface area contributed by atoms with Crippen molar-refractivity contribution in [1.29, 1.82) is 0 Å². The van der Waals surface area contributed by atoms with Gasteiger partial charge in [0.1, 0.15) is 17.2 Å². The molecule has 3 rings (SSSR count). The SMILES string of the molecule is CCC1CCCC2(CC1)CC(N)c1ccc(F)cc1O2. The first-order valence-corrected chi connectivity index (χ1v) is 7.86. The van der Waals surface area contributed by atoms with Gasteiger partial charge in [-0.1, -0.05) is 25.8 Å². The predicted molar refractivity (Wildman–Crippen MR) is 78.2 cm³/mol. The summed E-state index contributed by atoms with van der Waals surface area (Å²) in [5, 5.41) is 0. The van der Waals surface area contributed by atoms with Crippen LogP contribution in [-0.2, 0) is 0 Å². The van der Waals surface area contributed by atoms with Gasteiger partial charge in [-0.05, 0) is 37.7 Å². The van der Waals surface area contributed by atoms with Crippen molar-refractivity contribution < 1.29 is 9.13 Å². The number of halogens is 1. The minimum Gasteiger partial charge on any atom is -0.487 e. The van der Waals surface area contributed by atoms with E-state index in [1.165, 1.54) is 37.8 Å². The van der Waals surface area contributed by atoms with Crippen LogP contribution in [0.5, 0.6) is 5.75 Å². The quantitative estimate of drug-likeness (QED) is 0.829. The molecule has 0 aromatic heterocycles. The molecule has 1 aliphatic heterocycles. The van der Waals surface area contributed by atoms with E-state index in [0.717, 1.165) is 30.7 Å². The third-order valence-corrected chi connectivity index (χ3v) is 5.12. The molecule has 0 radical (unpaired) electrons. The van der Waals surface area contributed by atoms with Gasteiger partial charge in [0.25, 0.3) is 0 Å². The lowest BCUT2D eigenvalue weighted by Crippen LogP contribution is -2.42. The van der Waals surface area contributed by atoms with Gasteiger partial charge in [0.15, 0.2) is 0 Å². The van der Waals surface area contributed by atoms with Gasteiger partial charge in [-0.15, -0.1) is 0 Å². The van der Waals surface area contributed by atoms with Gasteiger partial charge in [-0.2, -0.15) is 0 Å². The van der Waals surface area contributed by atoms with Gasteiger partial charge < -0.3 is 10.5 Å². The van der Waals surface area contributed by atoms with E-state index in [4.69, 9.17) is 10.5 Å². The highest BCUT2D eigenvalue weighted by molar-refractivity contribution is 5.39. The summed E-state index contributed by atoms with van der Waals surface area (Å²) in [5.41, 5.74) is 7.11. The zero-order chi connectivity index (χ0) is 14.2. The van der Waals surface area contributed by atoms with Gasteiger partial charge in [0, 0.05) is 24.1 Å². The lowest BCUT2D eigenvalue weighted by molar-refractivity contribution is 0.0200. The highest BCUT2D eigenvalue weighted by Crippen LogP contribution is 2.45. The first-order chi connectivity index (χ1) is 9.62. The standard InChI is InChI=1S/C17H24FNO/c1-2-12-4-3-8-17(9-7-12)11-15(19)14-6-5-13(18)10-16(14)20-17/h5-6,10,12,15H,2-4,7-9,11,19H2,1H3. The second-order valence-corrected chi connectivity index (χ2v) is 6.48. The molecule has 1 saturated carbocycles. The Morgan fingerprint density at radius 1 is 1.35 bits per heavy atom. The van der Waals surface area contributed by atoms with E-state index < -0.39 is 0 Å². The van der Waals surface area contributed by atoms with Gasteiger partial charge in [0.2, 0.25) is 0 Å². The molecule has 3 heteroatoms. The Balaban J connectivity index is 1.86. The van der Waals surface area contributed by atoms with Crippen molar-refractivity contribution in [3.05, 3.63) is 29.6 Å². The molecule has 1 aliphatic carbocycles. The summed E-state index contributed by atoms with van der Waals surface area (Å²) < 4.78 is 19.7. The van der Waals surface area contributed by atoms with Crippen molar-refractivity contribution in [2.75, 3.05) is 0 Å². The molecule has 0 saturated heterocycles. The molecule has 0 bridgehead atoms. The maximum absolute atomic E-state index is 13.5. The van der Waals surface area contributed by atoms with Crippen LogP contribution in [-0.4, -0.2) is 5.60 Å². The van der Waals surface area contributed by atoms with Crippen LogP contribution in [0.4, 0.5) is 4.39 Å². The van der Waals surface area contributed by atoms with Crippen molar-refractivity contribution in [1.82, 2.24) is 0 Å². The fraction of sp³-hybridized carbons (Fsp3) is 0.647. The monoisotopic (exact) mass is 277 g/mol. The molecule has 1 heterocycles. The van der Waals surface area contributed by atoms with Gasteiger partial charge >= 0.3 is 0 Å². The molecule has 1 fully saturated rings. The summed E-state index contributed by atoms with van der Waals surface area (Å²) >= 11 is 0. The zero-order valence-electron chi connectivity index (χ0n) is 12.2. The van der Waals surface area contributed by atoms with E-state index >= 15 is 0 Å². The number of nitrogens with two attached hydrogens (primary N) is 1. The average molecular weight is 277 g/mol. The highest BCUT2D eigenvalue weighted by Gasteiger charge is 2.41. The maximum atomic E-state index is 13.5. The molecule has 2 aliphatic rings. The Morgan fingerprint density at radius 3 is 3.00 bits per heavy atom. The predicted octanol–water partition coefficient (Wildman–Crippen LogP) is 4.34. The molecular formula is C17H24FNO. The number of benzene rings is 1. The number of rotatable bonds is 1. The summed E-state index contributed by atoms with van der Waals surface area (Å²) in [4.78, 5) is 0. The number of fused-ring (bicyclic) bond motifs is 1. The Bertz CT molecular complexity index is 490.